The zero-order chi connectivity index (χ0) is 21.7. The lowest BCUT2D eigenvalue weighted by Gasteiger charge is -2.19. The molecule has 0 unspecified atom stereocenters. The van der Waals surface area contributed by atoms with Gasteiger partial charge >= 0.3 is 6.18 Å². The van der Waals surface area contributed by atoms with Crippen molar-refractivity contribution < 1.29 is 13.2 Å². The smallest absolute Gasteiger partial charge is 0.368 e. The van der Waals surface area contributed by atoms with E-state index in [1.807, 2.05) is 17.6 Å². The van der Waals surface area contributed by atoms with Crippen molar-refractivity contribution in [2.24, 2.45) is 0 Å². The maximum Gasteiger partial charge on any atom is 0.421 e. The Morgan fingerprint density at radius 3 is 2.63 bits per heavy atom. The number of nitrogen functional groups attached to an aromatic ring is 1. The van der Waals surface area contributed by atoms with E-state index in [2.05, 4.69) is 35.6 Å². The molecule has 30 heavy (non-hydrogen) atoms. The summed E-state index contributed by atoms with van der Waals surface area (Å²) in [4.78, 5) is 19.7. The zero-order valence-electron chi connectivity index (χ0n) is 16.0. The number of hydrogen-bond acceptors (Lipinski definition) is 10. The van der Waals surface area contributed by atoms with Gasteiger partial charge in [-0.2, -0.15) is 23.1 Å². The molecule has 3 rings (SSSR count). The number of alkyl halides is 3. The van der Waals surface area contributed by atoms with Gasteiger partial charge in [-0.3, -0.25) is 0 Å². The molecule has 0 amide bonds. The van der Waals surface area contributed by atoms with Crippen LogP contribution in [0.2, 0.25) is 0 Å². The molecule has 13 heteroatoms. The lowest BCUT2D eigenvalue weighted by Crippen LogP contribution is -2.16. The fraction of sp³-hybridized carbons (Fsp3) is 0.235. The quantitative estimate of drug-likeness (QED) is 0.475. The van der Waals surface area contributed by atoms with Crippen LogP contribution >= 0.6 is 11.9 Å². The van der Waals surface area contributed by atoms with Crippen LogP contribution < -0.4 is 20.7 Å². The van der Waals surface area contributed by atoms with Crippen LogP contribution in [0.3, 0.4) is 0 Å². The average Bonchev–Trinajstić information content (AvgIpc) is 2.71. The molecule has 9 nitrogen and oxygen atoms in total. The fourth-order valence-corrected chi connectivity index (χ4v) is 2.80. The molecule has 3 aromatic rings. The first-order valence-corrected chi connectivity index (χ1v) is 9.71. The van der Waals surface area contributed by atoms with Crippen LogP contribution in [0.15, 0.2) is 36.8 Å². The molecule has 158 valence electrons. The molecule has 0 aliphatic carbocycles. The molecule has 0 fully saturated rings. The molecule has 0 radical (unpaired) electrons. The summed E-state index contributed by atoms with van der Waals surface area (Å²) in [7, 11) is 1.82. The third kappa shape index (κ3) is 5.17. The second-order valence-corrected chi connectivity index (χ2v) is 6.81. The van der Waals surface area contributed by atoms with Crippen molar-refractivity contribution in [1.29, 1.82) is 0 Å². The Morgan fingerprint density at radius 2 is 1.93 bits per heavy atom. The molecule has 0 aromatic carbocycles. The highest BCUT2D eigenvalue weighted by Gasteiger charge is 2.35. The molecule has 3 aromatic heterocycles. The molecule has 0 bridgehead atoms. The van der Waals surface area contributed by atoms with E-state index in [-0.39, 0.29) is 30.1 Å². The van der Waals surface area contributed by atoms with Crippen molar-refractivity contribution in [3.63, 3.8) is 0 Å². The van der Waals surface area contributed by atoms with Crippen molar-refractivity contribution in [2.45, 2.75) is 12.7 Å². The van der Waals surface area contributed by atoms with E-state index in [1.165, 1.54) is 24.2 Å². The summed E-state index contributed by atoms with van der Waals surface area (Å²) in [5, 5.41) is 5.46. The zero-order valence-corrected chi connectivity index (χ0v) is 16.8. The normalized spacial score (nSPS) is 11.2. The summed E-state index contributed by atoms with van der Waals surface area (Å²) < 4.78 is 42.2. The van der Waals surface area contributed by atoms with E-state index in [0.29, 0.717) is 17.6 Å². The van der Waals surface area contributed by atoms with E-state index < -0.39 is 11.7 Å². The topological polar surface area (TPSA) is 118 Å². The molecule has 0 saturated heterocycles. The minimum atomic E-state index is -4.63. The maximum absolute atomic E-state index is 13.4. The molecule has 0 aliphatic rings. The largest absolute Gasteiger partial charge is 0.421 e. The van der Waals surface area contributed by atoms with E-state index >= 15 is 0 Å². The van der Waals surface area contributed by atoms with Gasteiger partial charge in [0, 0.05) is 44.0 Å². The third-order valence-corrected chi connectivity index (χ3v) is 4.61. The minimum Gasteiger partial charge on any atom is -0.368 e. The van der Waals surface area contributed by atoms with Gasteiger partial charge in [0.25, 0.3) is 0 Å². The summed E-state index contributed by atoms with van der Waals surface area (Å²) in [5.74, 6) is 0.450. The van der Waals surface area contributed by atoms with Crippen molar-refractivity contribution in [3.05, 3.63) is 47.9 Å². The van der Waals surface area contributed by atoms with Gasteiger partial charge in [-0.05, 0) is 12.1 Å². The number of rotatable bonds is 7. The van der Waals surface area contributed by atoms with Crippen molar-refractivity contribution in [3.8, 4) is 0 Å². The van der Waals surface area contributed by atoms with Crippen LogP contribution in [0, 0.1) is 0 Å². The Balaban J connectivity index is 1.88. The van der Waals surface area contributed by atoms with Gasteiger partial charge in [0.2, 0.25) is 11.9 Å². The van der Waals surface area contributed by atoms with E-state index in [0.717, 1.165) is 0 Å². The standard InChI is InChI=1S/C17H18F3N9S/c1-29(30-2)14-10(4-3-6-22-14)8-24-13-11(17(18,19)20)9-25-16(28-13)27-12-5-7-23-15(21)26-12/h3-7,9H,8H2,1-2H3,(H4,21,23,24,25,26,27,28). The van der Waals surface area contributed by atoms with Gasteiger partial charge in [0.1, 0.15) is 23.0 Å². The lowest BCUT2D eigenvalue weighted by atomic mass is 10.2. The van der Waals surface area contributed by atoms with Gasteiger partial charge in [-0.1, -0.05) is 18.0 Å². The highest BCUT2D eigenvalue weighted by Crippen LogP contribution is 2.34. The third-order valence-electron chi connectivity index (χ3n) is 3.89. The van der Waals surface area contributed by atoms with Crippen molar-refractivity contribution >= 4 is 41.3 Å². The summed E-state index contributed by atoms with van der Waals surface area (Å²) in [5.41, 5.74) is 5.23. The van der Waals surface area contributed by atoms with Crippen LogP contribution in [-0.2, 0) is 12.7 Å². The Kier molecular flexibility index (Phi) is 6.40. The van der Waals surface area contributed by atoms with Crippen LogP contribution in [0.25, 0.3) is 0 Å². The van der Waals surface area contributed by atoms with Gasteiger partial charge in [0.05, 0.1) is 0 Å². The van der Waals surface area contributed by atoms with Crippen molar-refractivity contribution in [2.75, 3.05) is 34.0 Å². The summed E-state index contributed by atoms with van der Waals surface area (Å²) in [6, 6.07) is 4.98. The summed E-state index contributed by atoms with van der Waals surface area (Å²) >= 11 is 1.43. The molecule has 4 N–H and O–H groups in total. The van der Waals surface area contributed by atoms with Crippen LogP contribution in [0.1, 0.15) is 11.1 Å². The lowest BCUT2D eigenvalue weighted by molar-refractivity contribution is -0.137. The maximum atomic E-state index is 13.4. The number of pyridine rings is 1. The SMILES string of the molecule is CSN(C)c1ncccc1CNc1nc(Nc2ccnc(N)n2)ncc1C(F)(F)F. The first kappa shape index (κ1) is 21.4. The Hall–Kier alpha value is -3.35. The second-order valence-electron chi connectivity index (χ2n) is 5.90. The van der Waals surface area contributed by atoms with Crippen LogP contribution in [0.4, 0.5) is 42.5 Å². The number of hydrogen-bond donors (Lipinski definition) is 3. The molecular weight excluding hydrogens is 419 g/mol. The van der Waals surface area contributed by atoms with E-state index in [4.69, 9.17) is 5.73 Å². The average molecular weight is 437 g/mol. The van der Waals surface area contributed by atoms with E-state index in [1.54, 1.807) is 18.3 Å². The van der Waals surface area contributed by atoms with Crippen LogP contribution in [0.5, 0.6) is 0 Å². The Bertz CT molecular complexity index is 1020. The molecular formula is C17H18F3N9S. The number of aromatic nitrogens is 5. The highest BCUT2D eigenvalue weighted by molar-refractivity contribution is 7.99. The first-order valence-electron chi connectivity index (χ1n) is 8.53. The monoisotopic (exact) mass is 437 g/mol. The van der Waals surface area contributed by atoms with Gasteiger partial charge in [0.15, 0.2) is 0 Å². The van der Waals surface area contributed by atoms with Gasteiger partial charge in [-0.25, -0.2) is 15.0 Å². The minimum absolute atomic E-state index is 0.00674. The second kappa shape index (κ2) is 8.98. The predicted molar refractivity (Wildman–Crippen MR) is 110 cm³/mol. The number of nitrogens with one attached hydrogen (secondary N) is 2. The Labute approximate surface area is 174 Å². The number of nitrogens with zero attached hydrogens (tertiary/aromatic N) is 6. The van der Waals surface area contributed by atoms with Crippen LogP contribution in [-0.4, -0.2) is 38.2 Å². The van der Waals surface area contributed by atoms with Crippen molar-refractivity contribution in [1.82, 2.24) is 24.9 Å². The van der Waals surface area contributed by atoms with Gasteiger partial charge < -0.3 is 20.7 Å². The molecule has 0 saturated carbocycles. The number of anilines is 5. The molecule has 3 heterocycles. The molecule has 0 atom stereocenters. The summed E-state index contributed by atoms with van der Waals surface area (Å²) in [6.07, 6.45) is 0.969. The predicted octanol–water partition coefficient (Wildman–Crippen LogP) is 3.33. The fourth-order valence-electron chi connectivity index (χ4n) is 2.46. The first-order chi connectivity index (χ1) is 14.3. The highest BCUT2D eigenvalue weighted by atomic mass is 32.2. The van der Waals surface area contributed by atoms with E-state index in [9.17, 15) is 13.2 Å². The Morgan fingerprint density at radius 1 is 1.13 bits per heavy atom. The van der Waals surface area contributed by atoms with Gasteiger partial charge in [-0.15, -0.1) is 0 Å². The number of halogens is 3. The molecule has 0 spiro atoms. The number of nitrogens with two attached hydrogens (primary N) is 1. The molecule has 0 aliphatic heterocycles. The summed E-state index contributed by atoms with van der Waals surface area (Å²) in [6.45, 7) is 0.0774.